The van der Waals surface area contributed by atoms with Gasteiger partial charge < -0.3 is 5.32 Å². The van der Waals surface area contributed by atoms with Crippen molar-refractivity contribution in [2.45, 2.75) is 32.2 Å². The molecule has 3 rings (SSSR count). The van der Waals surface area contributed by atoms with Crippen LogP contribution in [0.4, 0.5) is 10.1 Å². The number of nitrogens with zero attached hydrogens (tertiary/aromatic N) is 2. The highest BCUT2D eigenvalue weighted by Crippen LogP contribution is 2.26. The zero-order valence-electron chi connectivity index (χ0n) is 10.4. The summed E-state index contributed by atoms with van der Waals surface area (Å²) in [4.78, 5) is 0. The Morgan fingerprint density at radius 3 is 2.89 bits per heavy atom. The van der Waals surface area contributed by atoms with E-state index < -0.39 is 0 Å². The van der Waals surface area contributed by atoms with Crippen molar-refractivity contribution in [3.63, 3.8) is 0 Å². The summed E-state index contributed by atoms with van der Waals surface area (Å²) < 4.78 is 14.8. The van der Waals surface area contributed by atoms with Crippen molar-refractivity contribution in [2.24, 2.45) is 0 Å². The van der Waals surface area contributed by atoms with E-state index in [0.717, 1.165) is 30.6 Å². The minimum atomic E-state index is -0.219. The monoisotopic (exact) mass is 245 g/mol. The van der Waals surface area contributed by atoms with E-state index in [1.54, 1.807) is 12.1 Å². The van der Waals surface area contributed by atoms with Gasteiger partial charge in [-0.2, -0.15) is 5.10 Å². The number of aromatic nitrogens is 2. The normalized spacial score (nSPS) is 18.9. The van der Waals surface area contributed by atoms with Gasteiger partial charge in [0.2, 0.25) is 0 Å². The van der Waals surface area contributed by atoms with Crippen LogP contribution in [0.25, 0.3) is 5.69 Å². The molecule has 1 N–H and O–H groups in total. The molecule has 0 spiro atoms. The quantitative estimate of drug-likeness (QED) is 0.836. The lowest BCUT2D eigenvalue weighted by Crippen LogP contribution is -2.12. The maximum absolute atomic E-state index is 12.9. The molecule has 0 aliphatic carbocycles. The third-order valence-corrected chi connectivity index (χ3v) is 3.39. The molecule has 2 heterocycles. The average Bonchev–Trinajstić information content (AvgIpc) is 2.65. The second kappa shape index (κ2) is 4.44. The van der Waals surface area contributed by atoms with Gasteiger partial charge in [-0.3, -0.25) is 0 Å². The zero-order valence-corrected chi connectivity index (χ0v) is 10.4. The molecule has 1 aromatic heterocycles. The molecule has 94 valence electrons. The highest BCUT2D eigenvalue weighted by Gasteiger charge is 2.17. The standard InChI is InChI=1S/C14H16FN3/c1-10-3-2-4-14-13(17-10)9-16-18(14)12-7-5-11(15)6-8-12/h5-10,17H,2-4H2,1H3/t10-/m0/s1. The lowest BCUT2D eigenvalue weighted by molar-refractivity contribution is 0.626. The van der Waals surface area contributed by atoms with E-state index in [1.807, 2.05) is 10.9 Å². The van der Waals surface area contributed by atoms with Gasteiger partial charge in [0.25, 0.3) is 0 Å². The molecule has 0 fully saturated rings. The molecule has 0 saturated carbocycles. The summed E-state index contributed by atoms with van der Waals surface area (Å²) in [5, 5.41) is 7.87. The predicted octanol–water partition coefficient (Wildman–Crippen LogP) is 3.15. The largest absolute Gasteiger partial charge is 0.380 e. The number of fused-ring (bicyclic) bond motifs is 1. The van der Waals surface area contributed by atoms with E-state index in [9.17, 15) is 4.39 Å². The van der Waals surface area contributed by atoms with Crippen molar-refractivity contribution in [1.29, 1.82) is 0 Å². The van der Waals surface area contributed by atoms with E-state index in [0.29, 0.717) is 6.04 Å². The van der Waals surface area contributed by atoms with Crippen LogP contribution in [0.5, 0.6) is 0 Å². The SMILES string of the molecule is C[C@H]1CCCc2c(cnn2-c2ccc(F)cc2)N1. The van der Waals surface area contributed by atoms with Gasteiger partial charge in [0, 0.05) is 6.04 Å². The first-order chi connectivity index (χ1) is 8.74. The summed E-state index contributed by atoms with van der Waals surface area (Å²) in [5.74, 6) is -0.219. The van der Waals surface area contributed by atoms with Crippen LogP contribution in [0.2, 0.25) is 0 Å². The molecule has 4 heteroatoms. The van der Waals surface area contributed by atoms with Crippen molar-refractivity contribution < 1.29 is 4.39 Å². The molecule has 0 amide bonds. The maximum Gasteiger partial charge on any atom is 0.123 e. The number of rotatable bonds is 1. The molecular weight excluding hydrogens is 229 g/mol. The van der Waals surface area contributed by atoms with Crippen molar-refractivity contribution in [3.8, 4) is 5.69 Å². The summed E-state index contributed by atoms with van der Waals surface area (Å²) in [5.41, 5.74) is 3.20. The lowest BCUT2D eigenvalue weighted by atomic mass is 10.1. The Hall–Kier alpha value is -1.84. The van der Waals surface area contributed by atoms with Crippen LogP contribution in [-0.4, -0.2) is 15.8 Å². The van der Waals surface area contributed by atoms with E-state index in [4.69, 9.17) is 0 Å². The molecule has 2 aromatic rings. The zero-order chi connectivity index (χ0) is 12.5. The molecule has 0 radical (unpaired) electrons. The van der Waals surface area contributed by atoms with E-state index in [1.165, 1.54) is 17.8 Å². The van der Waals surface area contributed by atoms with Gasteiger partial charge in [0.1, 0.15) is 5.82 Å². The fourth-order valence-corrected chi connectivity index (χ4v) is 2.45. The van der Waals surface area contributed by atoms with Gasteiger partial charge in [-0.05, 0) is 50.5 Å². The van der Waals surface area contributed by atoms with Gasteiger partial charge in [-0.15, -0.1) is 0 Å². The Morgan fingerprint density at radius 1 is 1.33 bits per heavy atom. The smallest absolute Gasteiger partial charge is 0.123 e. The maximum atomic E-state index is 12.9. The highest BCUT2D eigenvalue weighted by molar-refractivity contribution is 5.51. The summed E-state index contributed by atoms with van der Waals surface area (Å²) in [6.45, 7) is 2.18. The highest BCUT2D eigenvalue weighted by atomic mass is 19.1. The minimum Gasteiger partial charge on any atom is -0.380 e. The van der Waals surface area contributed by atoms with Gasteiger partial charge in [-0.25, -0.2) is 9.07 Å². The molecular formula is C14H16FN3. The molecule has 1 aromatic carbocycles. The van der Waals surface area contributed by atoms with Crippen LogP contribution < -0.4 is 5.32 Å². The Kier molecular flexibility index (Phi) is 2.78. The molecule has 0 unspecified atom stereocenters. The predicted molar refractivity (Wildman–Crippen MR) is 69.5 cm³/mol. The van der Waals surface area contributed by atoms with Gasteiger partial charge in [-0.1, -0.05) is 0 Å². The van der Waals surface area contributed by atoms with Crippen molar-refractivity contribution in [1.82, 2.24) is 9.78 Å². The van der Waals surface area contributed by atoms with Gasteiger partial charge in [0.05, 0.1) is 23.3 Å². The summed E-state index contributed by atoms with van der Waals surface area (Å²) >= 11 is 0. The number of hydrogen-bond acceptors (Lipinski definition) is 2. The van der Waals surface area contributed by atoms with Crippen LogP contribution >= 0.6 is 0 Å². The van der Waals surface area contributed by atoms with Crippen molar-refractivity contribution in [2.75, 3.05) is 5.32 Å². The molecule has 0 bridgehead atoms. The average molecular weight is 245 g/mol. The fraction of sp³-hybridized carbons (Fsp3) is 0.357. The van der Waals surface area contributed by atoms with E-state index >= 15 is 0 Å². The molecule has 0 saturated heterocycles. The van der Waals surface area contributed by atoms with Crippen LogP contribution in [-0.2, 0) is 6.42 Å². The number of anilines is 1. The Bertz CT molecular complexity index is 545. The number of halogens is 1. The number of hydrogen-bond donors (Lipinski definition) is 1. The molecule has 1 aliphatic heterocycles. The second-order valence-electron chi connectivity index (χ2n) is 4.83. The molecule has 1 aliphatic rings. The number of nitrogens with one attached hydrogen (secondary N) is 1. The summed E-state index contributed by atoms with van der Waals surface area (Å²) in [7, 11) is 0. The van der Waals surface area contributed by atoms with Crippen LogP contribution in [0, 0.1) is 5.82 Å². The van der Waals surface area contributed by atoms with Crippen LogP contribution in [0.3, 0.4) is 0 Å². The Morgan fingerprint density at radius 2 is 2.11 bits per heavy atom. The Labute approximate surface area is 106 Å². The van der Waals surface area contributed by atoms with Crippen LogP contribution in [0.1, 0.15) is 25.5 Å². The Balaban J connectivity index is 2.01. The molecule has 1 atom stereocenters. The van der Waals surface area contributed by atoms with Crippen LogP contribution in [0.15, 0.2) is 30.5 Å². The third kappa shape index (κ3) is 1.98. The first kappa shape index (κ1) is 11.3. The third-order valence-electron chi connectivity index (χ3n) is 3.39. The first-order valence-corrected chi connectivity index (χ1v) is 6.33. The van der Waals surface area contributed by atoms with E-state index in [-0.39, 0.29) is 5.82 Å². The van der Waals surface area contributed by atoms with Crippen molar-refractivity contribution in [3.05, 3.63) is 42.0 Å². The summed E-state index contributed by atoms with van der Waals surface area (Å²) in [6, 6.07) is 6.94. The fourth-order valence-electron chi connectivity index (χ4n) is 2.45. The van der Waals surface area contributed by atoms with Crippen molar-refractivity contribution >= 4 is 5.69 Å². The molecule has 18 heavy (non-hydrogen) atoms. The van der Waals surface area contributed by atoms with Gasteiger partial charge in [0.15, 0.2) is 0 Å². The van der Waals surface area contributed by atoms with Gasteiger partial charge >= 0.3 is 0 Å². The van der Waals surface area contributed by atoms with E-state index in [2.05, 4.69) is 17.3 Å². The second-order valence-corrected chi connectivity index (χ2v) is 4.83. The lowest BCUT2D eigenvalue weighted by Gasteiger charge is -2.09. The topological polar surface area (TPSA) is 29.9 Å². The molecule has 3 nitrogen and oxygen atoms in total. The number of benzene rings is 1. The minimum absolute atomic E-state index is 0.219. The summed E-state index contributed by atoms with van der Waals surface area (Å²) in [6.07, 6.45) is 5.18. The first-order valence-electron chi connectivity index (χ1n) is 6.33.